The molecule has 0 spiro atoms. The molecule has 0 unspecified atom stereocenters. The van der Waals surface area contributed by atoms with Crippen LogP contribution in [0, 0.1) is 11.8 Å². The topological polar surface area (TPSA) is 57.6 Å². The van der Waals surface area contributed by atoms with Gasteiger partial charge in [-0.15, -0.1) is 0 Å². The number of aliphatic hydroxyl groups is 1. The quantitative estimate of drug-likeness (QED) is 0.769. The monoisotopic (exact) mass is 265 g/mol. The average molecular weight is 265 g/mol. The lowest BCUT2D eigenvalue weighted by molar-refractivity contribution is 0.350. The van der Waals surface area contributed by atoms with Crippen molar-refractivity contribution < 1.29 is 13.5 Å². The van der Waals surface area contributed by atoms with E-state index in [1.54, 1.807) is 24.3 Å². The van der Waals surface area contributed by atoms with E-state index < -0.39 is 10.0 Å². The van der Waals surface area contributed by atoms with Crippen LogP contribution < -0.4 is 4.31 Å². The number of para-hydroxylation sites is 1. The minimum atomic E-state index is -3.22. The van der Waals surface area contributed by atoms with Gasteiger partial charge < -0.3 is 5.11 Å². The molecule has 0 aromatic heterocycles. The molecular weight excluding hydrogens is 250 g/mol. The van der Waals surface area contributed by atoms with Crippen LogP contribution in [0.25, 0.3) is 0 Å². The number of aliphatic hydroxyl groups excluding tert-OH is 1. The van der Waals surface area contributed by atoms with Crippen LogP contribution in [-0.2, 0) is 10.0 Å². The highest BCUT2D eigenvalue weighted by Gasteiger charge is 2.27. The normalized spacial score (nSPS) is 17.9. The zero-order chi connectivity index (χ0) is 13.0. The van der Waals surface area contributed by atoms with Crippen LogP contribution in [0.5, 0.6) is 0 Å². The zero-order valence-electron chi connectivity index (χ0n) is 9.96. The molecule has 1 aromatic carbocycles. The standard InChI is InChI=1S/C13H15NO3S/c15-10-5-7-12-6-1-2-8-13(12)14-9-3-4-11-18(14,16)17/h1-2,6,8,15H,3-4,9-11H2. The first-order valence-electron chi connectivity index (χ1n) is 5.84. The van der Waals surface area contributed by atoms with Gasteiger partial charge >= 0.3 is 0 Å². The largest absolute Gasteiger partial charge is 0.384 e. The maximum atomic E-state index is 12.0. The Labute approximate surface area is 107 Å². The van der Waals surface area contributed by atoms with E-state index in [2.05, 4.69) is 11.8 Å². The Morgan fingerprint density at radius 2 is 2.06 bits per heavy atom. The van der Waals surface area contributed by atoms with E-state index in [0.717, 1.165) is 6.42 Å². The average Bonchev–Trinajstić information content (AvgIpc) is 2.36. The second-order valence-electron chi connectivity index (χ2n) is 4.07. The fourth-order valence-corrected chi connectivity index (χ4v) is 3.65. The molecule has 1 aromatic rings. The lowest BCUT2D eigenvalue weighted by Crippen LogP contribution is -2.38. The van der Waals surface area contributed by atoms with Crippen molar-refractivity contribution >= 4 is 15.7 Å². The van der Waals surface area contributed by atoms with E-state index in [1.807, 2.05) is 0 Å². The molecule has 0 bridgehead atoms. The Morgan fingerprint density at radius 3 is 2.78 bits per heavy atom. The molecule has 1 N–H and O–H groups in total. The summed E-state index contributed by atoms with van der Waals surface area (Å²) >= 11 is 0. The van der Waals surface area contributed by atoms with Crippen LogP contribution in [0.2, 0.25) is 0 Å². The number of hydrogen-bond donors (Lipinski definition) is 1. The zero-order valence-corrected chi connectivity index (χ0v) is 10.8. The number of benzene rings is 1. The third-order valence-corrected chi connectivity index (χ3v) is 4.68. The van der Waals surface area contributed by atoms with Crippen LogP contribution in [0.4, 0.5) is 5.69 Å². The molecule has 1 heterocycles. The Kier molecular flexibility index (Phi) is 3.90. The summed E-state index contributed by atoms with van der Waals surface area (Å²) in [6, 6.07) is 7.12. The van der Waals surface area contributed by atoms with Gasteiger partial charge in [0.2, 0.25) is 10.0 Å². The summed E-state index contributed by atoms with van der Waals surface area (Å²) in [5.41, 5.74) is 1.25. The molecule has 96 valence electrons. The lowest BCUT2D eigenvalue weighted by Gasteiger charge is -2.29. The van der Waals surface area contributed by atoms with E-state index in [-0.39, 0.29) is 12.4 Å². The summed E-state index contributed by atoms with van der Waals surface area (Å²) in [6.07, 6.45) is 1.57. The second-order valence-corrected chi connectivity index (χ2v) is 6.09. The molecule has 0 amide bonds. The molecule has 1 aliphatic heterocycles. The van der Waals surface area contributed by atoms with Crippen molar-refractivity contribution in [3.05, 3.63) is 29.8 Å². The molecule has 0 atom stereocenters. The number of rotatable bonds is 1. The molecule has 4 nitrogen and oxygen atoms in total. The van der Waals surface area contributed by atoms with Crippen molar-refractivity contribution in [2.75, 3.05) is 23.2 Å². The Bertz CT molecular complexity index is 584. The van der Waals surface area contributed by atoms with Gasteiger partial charge in [-0.1, -0.05) is 24.0 Å². The first-order chi connectivity index (χ1) is 8.65. The molecule has 2 rings (SSSR count). The lowest BCUT2D eigenvalue weighted by atomic mass is 10.1. The summed E-state index contributed by atoms with van der Waals surface area (Å²) < 4.78 is 25.5. The first-order valence-corrected chi connectivity index (χ1v) is 7.45. The Balaban J connectivity index is 2.44. The number of nitrogens with zero attached hydrogens (tertiary/aromatic N) is 1. The smallest absolute Gasteiger partial charge is 0.235 e. The van der Waals surface area contributed by atoms with Crippen LogP contribution in [0.15, 0.2) is 24.3 Å². The minimum absolute atomic E-state index is 0.189. The highest BCUT2D eigenvalue weighted by molar-refractivity contribution is 7.92. The molecule has 0 saturated carbocycles. The predicted octanol–water partition coefficient (Wildman–Crippen LogP) is 0.960. The van der Waals surface area contributed by atoms with Crippen LogP contribution in [0.1, 0.15) is 18.4 Å². The summed E-state index contributed by atoms with van der Waals surface area (Å²) in [5, 5.41) is 8.73. The van der Waals surface area contributed by atoms with Gasteiger partial charge in [0.05, 0.1) is 11.4 Å². The minimum Gasteiger partial charge on any atom is -0.384 e. The van der Waals surface area contributed by atoms with Gasteiger partial charge in [-0.3, -0.25) is 4.31 Å². The molecule has 1 aliphatic rings. The highest BCUT2D eigenvalue weighted by atomic mass is 32.2. The van der Waals surface area contributed by atoms with Crippen LogP contribution in [-0.4, -0.2) is 32.4 Å². The molecule has 1 saturated heterocycles. The van der Waals surface area contributed by atoms with Crippen molar-refractivity contribution in [2.24, 2.45) is 0 Å². The van der Waals surface area contributed by atoms with Crippen molar-refractivity contribution in [1.29, 1.82) is 0 Å². The molecule has 0 radical (unpaired) electrons. The van der Waals surface area contributed by atoms with E-state index in [0.29, 0.717) is 24.2 Å². The van der Waals surface area contributed by atoms with E-state index in [4.69, 9.17) is 5.11 Å². The Hall–Kier alpha value is -1.51. The maximum Gasteiger partial charge on any atom is 0.235 e. The summed E-state index contributed by atoms with van der Waals surface area (Å²) in [6.45, 7) is 0.265. The van der Waals surface area contributed by atoms with Gasteiger partial charge in [-0.2, -0.15) is 0 Å². The molecular formula is C13H15NO3S. The Morgan fingerprint density at radius 1 is 1.28 bits per heavy atom. The third kappa shape index (κ3) is 2.66. The van der Waals surface area contributed by atoms with Gasteiger partial charge in [0, 0.05) is 12.1 Å². The summed E-state index contributed by atoms with van der Waals surface area (Å²) in [4.78, 5) is 0. The fraction of sp³-hybridized carbons (Fsp3) is 0.385. The van der Waals surface area contributed by atoms with Crippen molar-refractivity contribution in [2.45, 2.75) is 12.8 Å². The van der Waals surface area contributed by atoms with Crippen molar-refractivity contribution in [3.8, 4) is 11.8 Å². The molecule has 1 fully saturated rings. The maximum absolute atomic E-state index is 12.0. The predicted molar refractivity (Wildman–Crippen MR) is 70.8 cm³/mol. The molecule has 18 heavy (non-hydrogen) atoms. The number of sulfonamides is 1. The van der Waals surface area contributed by atoms with Crippen molar-refractivity contribution in [3.63, 3.8) is 0 Å². The van der Waals surface area contributed by atoms with Gasteiger partial charge in [-0.25, -0.2) is 8.42 Å². The third-order valence-electron chi connectivity index (χ3n) is 2.82. The van der Waals surface area contributed by atoms with Gasteiger partial charge in [0.1, 0.15) is 6.61 Å². The summed E-state index contributed by atoms with van der Waals surface area (Å²) in [5.74, 6) is 5.54. The second kappa shape index (κ2) is 5.42. The van der Waals surface area contributed by atoms with Crippen LogP contribution in [0.3, 0.4) is 0 Å². The fourth-order valence-electron chi connectivity index (χ4n) is 1.99. The number of anilines is 1. The van der Waals surface area contributed by atoms with Crippen LogP contribution >= 0.6 is 0 Å². The highest BCUT2D eigenvalue weighted by Crippen LogP contribution is 2.26. The molecule has 0 aliphatic carbocycles. The molecule has 5 heteroatoms. The van der Waals surface area contributed by atoms with Gasteiger partial charge in [-0.05, 0) is 25.0 Å². The summed E-state index contributed by atoms with van der Waals surface area (Å²) in [7, 11) is -3.22. The first kappa shape index (κ1) is 12.9. The van der Waals surface area contributed by atoms with E-state index in [9.17, 15) is 8.42 Å². The van der Waals surface area contributed by atoms with Crippen molar-refractivity contribution in [1.82, 2.24) is 0 Å². The van der Waals surface area contributed by atoms with E-state index in [1.165, 1.54) is 4.31 Å². The SMILES string of the molecule is O=S1(=O)CCCCN1c1ccccc1C#CCO. The van der Waals surface area contributed by atoms with Gasteiger partial charge in [0.15, 0.2) is 0 Å². The van der Waals surface area contributed by atoms with E-state index >= 15 is 0 Å². The van der Waals surface area contributed by atoms with Gasteiger partial charge in [0.25, 0.3) is 0 Å². The number of hydrogen-bond acceptors (Lipinski definition) is 3.